The fourth-order valence-electron chi connectivity index (χ4n) is 2.22. The van der Waals surface area contributed by atoms with Crippen molar-refractivity contribution in [3.05, 3.63) is 23.8 Å². The second-order valence-electron chi connectivity index (χ2n) is 5.41. The van der Waals surface area contributed by atoms with Crippen LogP contribution in [0.1, 0.15) is 52.0 Å². The Morgan fingerprint density at radius 3 is 2.33 bits per heavy atom. The first-order chi connectivity index (χ1) is 8.70. The maximum atomic E-state index is 5.99. The Kier molecular flexibility index (Phi) is 3.84. The second kappa shape index (κ2) is 5.21. The molecule has 0 radical (unpaired) electrons. The van der Waals surface area contributed by atoms with E-state index >= 15 is 0 Å². The summed E-state index contributed by atoms with van der Waals surface area (Å²) in [5.41, 5.74) is 1.59. The summed E-state index contributed by atoms with van der Waals surface area (Å²) < 4.78 is 11.9. The van der Waals surface area contributed by atoms with E-state index in [0.717, 1.165) is 24.7 Å². The molecule has 1 aromatic carbocycles. The lowest BCUT2D eigenvalue weighted by Gasteiger charge is -2.14. The summed E-state index contributed by atoms with van der Waals surface area (Å²) in [6, 6.07) is 6.21. The first-order valence-corrected chi connectivity index (χ1v) is 7.09. The van der Waals surface area contributed by atoms with Crippen molar-refractivity contribution in [1.82, 2.24) is 0 Å². The van der Waals surface area contributed by atoms with Crippen LogP contribution in [0.2, 0.25) is 0 Å². The average molecular weight is 248 g/mol. The minimum absolute atomic E-state index is 0.327. The van der Waals surface area contributed by atoms with Gasteiger partial charge in [0, 0.05) is 11.0 Å². The molecule has 0 atom stereocenters. The zero-order valence-corrected chi connectivity index (χ0v) is 12.0. The molecule has 2 heteroatoms. The highest BCUT2D eigenvalue weighted by molar-refractivity contribution is 5.48. The molecule has 0 N–H and O–H groups in total. The maximum Gasteiger partial charge on any atom is 0.164 e. The van der Waals surface area contributed by atoms with Crippen LogP contribution in [0.4, 0.5) is 0 Å². The van der Waals surface area contributed by atoms with Gasteiger partial charge in [0.15, 0.2) is 11.5 Å². The van der Waals surface area contributed by atoms with Gasteiger partial charge in [0.25, 0.3) is 0 Å². The van der Waals surface area contributed by atoms with Crippen molar-refractivity contribution < 1.29 is 9.47 Å². The highest BCUT2D eigenvalue weighted by atomic mass is 16.5. The molecule has 1 saturated carbocycles. The van der Waals surface area contributed by atoms with Gasteiger partial charge in [-0.2, -0.15) is 0 Å². The quantitative estimate of drug-likeness (QED) is 0.734. The van der Waals surface area contributed by atoms with Crippen LogP contribution >= 0.6 is 0 Å². The molecule has 0 bridgehead atoms. The molecule has 3 rings (SSSR count). The molecule has 0 saturated heterocycles. The Bertz CT molecular complexity index is 406. The van der Waals surface area contributed by atoms with E-state index in [2.05, 4.69) is 26.0 Å². The third-order valence-electron chi connectivity index (χ3n) is 3.65. The molecule has 0 aromatic heterocycles. The van der Waals surface area contributed by atoms with E-state index in [9.17, 15) is 0 Å². The molecule has 1 spiro atoms. The molecule has 0 amide bonds. The minimum Gasteiger partial charge on any atom is -0.489 e. The predicted octanol–water partition coefficient (Wildman–Crippen LogP) is 4.39. The smallest absolute Gasteiger partial charge is 0.164 e. The number of benzene rings is 1. The summed E-state index contributed by atoms with van der Waals surface area (Å²) in [4.78, 5) is 0. The van der Waals surface area contributed by atoms with Gasteiger partial charge in [0.2, 0.25) is 0 Å². The zero-order valence-electron chi connectivity index (χ0n) is 12.0. The average Bonchev–Trinajstić information content (AvgIpc) is 3.19. The van der Waals surface area contributed by atoms with Crippen LogP contribution in [0.25, 0.3) is 0 Å². The van der Waals surface area contributed by atoms with Gasteiger partial charge >= 0.3 is 0 Å². The van der Waals surface area contributed by atoms with E-state index in [0.29, 0.717) is 11.3 Å². The van der Waals surface area contributed by atoms with Crippen molar-refractivity contribution >= 4 is 0 Å². The van der Waals surface area contributed by atoms with Crippen LogP contribution in [0.15, 0.2) is 18.2 Å². The standard InChI is InChI=1S/C14H18O2.C2H6/c1-10(2)11-4-3-5-12-13(11)16-9-14(6-7-14)8-15-12;1-2/h3-5,10H,6-9H2,1-2H3;1-2H3. The van der Waals surface area contributed by atoms with E-state index in [4.69, 9.17) is 9.47 Å². The Morgan fingerprint density at radius 1 is 1.06 bits per heavy atom. The molecule has 1 fully saturated rings. The molecular formula is C16H24O2. The third kappa shape index (κ3) is 2.47. The molecular weight excluding hydrogens is 224 g/mol. The monoisotopic (exact) mass is 248 g/mol. The fraction of sp³-hybridized carbons (Fsp3) is 0.625. The summed E-state index contributed by atoms with van der Waals surface area (Å²) in [5, 5.41) is 0. The number of rotatable bonds is 1. The molecule has 2 aliphatic rings. The van der Waals surface area contributed by atoms with Gasteiger partial charge < -0.3 is 9.47 Å². The molecule has 1 aliphatic carbocycles. The van der Waals surface area contributed by atoms with Crippen molar-refractivity contribution in [1.29, 1.82) is 0 Å². The molecule has 18 heavy (non-hydrogen) atoms. The van der Waals surface area contributed by atoms with Gasteiger partial charge in [-0.1, -0.05) is 39.8 Å². The topological polar surface area (TPSA) is 18.5 Å². The van der Waals surface area contributed by atoms with E-state index < -0.39 is 0 Å². The lowest BCUT2D eigenvalue weighted by molar-refractivity contribution is 0.196. The van der Waals surface area contributed by atoms with Crippen LogP contribution in [0.5, 0.6) is 11.5 Å². The molecule has 1 aliphatic heterocycles. The van der Waals surface area contributed by atoms with Crippen LogP contribution in [-0.4, -0.2) is 13.2 Å². The van der Waals surface area contributed by atoms with E-state index in [1.54, 1.807) is 0 Å². The first-order valence-electron chi connectivity index (χ1n) is 7.09. The SMILES string of the molecule is CC.CC(C)c1cccc2c1OCC1(CC1)CO2. The van der Waals surface area contributed by atoms with E-state index in [1.807, 2.05) is 19.9 Å². The minimum atomic E-state index is 0.327. The van der Waals surface area contributed by atoms with Gasteiger partial charge in [0.1, 0.15) is 0 Å². The number of ether oxygens (including phenoxy) is 2. The highest BCUT2D eigenvalue weighted by Gasteiger charge is 2.46. The highest BCUT2D eigenvalue weighted by Crippen LogP contribution is 2.50. The zero-order chi connectivity index (χ0) is 13.2. The van der Waals surface area contributed by atoms with E-state index in [-0.39, 0.29) is 0 Å². The Labute approximate surface area is 110 Å². The predicted molar refractivity (Wildman–Crippen MR) is 74.5 cm³/mol. The van der Waals surface area contributed by atoms with Crippen LogP contribution in [0.3, 0.4) is 0 Å². The summed E-state index contributed by atoms with van der Waals surface area (Å²) in [5.74, 6) is 2.38. The van der Waals surface area contributed by atoms with Gasteiger partial charge in [-0.25, -0.2) is 0 Å². The van der Waals surface area contributed by atoms with Crippen molar-refractivity contribution in [2.45, 2.75) is 46.5 Å². The largest absolute Gasteiger partial charge is 0.489 e. The van der Waals surface area contributed by atoms with Crippen LogP contribution in [-0.2, 0) is 0 Å². The number of fused-ring (bicyclic) bond motifs is 1. The lowest BCUT2D eigenvalue weighted by atomic mass is 10.0. The van der Waals surface area contributed by atoms with E-state index in [1.165, 1.54) is 18.4 Å². The number of para-hydroxylation sites is 1. The Balaban J connectivity index is 0.000000574. The molecule has 100 valence electrons. The fourth-order valence-corrected chi connectivity index (χ4v) is 2.22. The third-order valence-corrected chi connectivity index (χ3v) is 3.65. The number of hydrogen-bond acceptors (Lipinski definition) is 2. The van der Waals surface area contributed by atoms with Crippen molar-refractivity contribution in [3.63, 3.8) is 0 Å². The van der Waals surface area contributed by atoms with Crippen molar-refractivity contribution in [2.75, 3.05) is 13.2 Å². The number of hydrogen-bond donors (Lipinski definition) is 0. The van der Waals surface area contributed by atoms with Crippen LogP contribution in [0, 0.1) is 5.41 Å². The van der Waals surface area contributed by atoms with Gasteiger partial charge in [-0.15, -0.1) is 0 Å². The summed E-state index contributed by atoms with van der Waals surface area (Å²) in [6.07, 6.45) is 2.50. The second-order valence-corrected chi connectivity index (χ2v) is 5.41. The van der Waals surface area contributed by atoms with Gasteiger partial charge in [0.05, 0.1) is 13.2 Å². The van der Waals surface area contributed by atoms with Gasteiger partial charge in [-0.3, -0.25) is 0 Å². The lowest BCUT2D eigenvalue weighted by Crippen LogP contribution is -2.17. The van der Waals surface area contributed by atoms with Crippen LogP contribution < -0.4 is 9.47 Å². The summed E-state index contributed by atoms with van der Waals surface area (Å²) in [7, 11) is 0. The molecule has 0 unspecified atom stereocenters. The van der Waals surface area contributed by atoms with Crippen molar-refractivity contribution in [2.24, 2.45) is 5.41 Å². The first kappa shape index (κ1) is 13.3. The van der Waals surface area contributed by atoms with Gasteiger partial charge in [-0.05, 0) is 24.8 Å². The summed E-state index contributed by atoms with van der Waals surface area (Å²) >= 11 is 0. The Hall–Kier alpha value is -1.18. The molecule has 1 heterocycles. The molecule has 2 nitrogen and oxygen atoms in total. The normalized spacial score (nSPS) is 18.9. The maximum absolute atomic E-state index is 5.99. The van der Waals surface area contributed by atoms with Crippen molar-refractivity contribution in [3.8, 4) is 11.5 Å². The Morgan fingerprint density at radius 2 is 1.72 bits per heavy atom. The molecule has 1 aromatic rings. The summed E-state index contributed by atoms with van der Waals surface area (Å²) in [6.45, 7) is 10.0.